The molecule has 0 aromatic heterocycles. The van der Waals surface area contributed by atoms with Gasteiger partial charge in [0.05, 0.1) is 13.7 Å². The predicted molar refractivity (Wildman–Crippen MR) is 109 cm³/mol. The van der Waals surface area contributed by atoms with Crippen LogP contribution in [0.4, 0.5) is 0 Å². The molecule has 1 fully saturated rings. The van der Waals surface area contributed by atoms with Gasteiger partial charge in [0, 0.05) is 12.0 Å². The van der Waals surface area contributed by atoms with Crippen LogP contribution in [0, 0.1) is 0 Å². The fraction of sp³-hybridized carbons (Fsp3) is 0.435. The standard InChI is InChI=1S/C23H29NO4/c1-3-27-20-10-12-21(13-11-20)28-16-22(25)24-17-23(14-4-5-15-23)18-6-8-19(26-2)9-7-18/h6-13H,3-5,14-17H2,1-2H3,(H,24,25). The lowest BCUT2D eigenvalue weighted by molar-refractivity contribution is -0.123. The summed E-state index contributed by atoms with van der Waals surface area (Å²) in [4.78, 5) is 12.3. The Labute approximate surface area is 167 Å². The van der Waals surface area contributed by atoms with Crippen molar-refractivity contribution >= 4 is 5.91 Å². The van der Waals surface area contributed by atoms with E-state index >= 15 is 0 Å². The number of rotatable bonds is 9. The van der Waals surface area contributed by atoms with Crippen molar-refractivity contribution in [3.05, 3.63) is 54.1 Å². The highest BCUT2D eigenvalue weighted by Crippen LogP contribution is 2.41. The highest BCUT2D eigenvalue weighted by molar-refractivity contribution is 5.77. The minimum absolute atomic E-state index is 0.00106. The van der Waals surface area contributed by atoms with Crippen molar-refractivity contribution in [3.8, 4) is 17.2 Å². The van der Waals surface area contributed by atoms with Crippen molar-refractivity contribution in [3.63, 3.8) is 0 Å². The van der Waals surface area contributed by atoms with Crippen LogP contribution in [0.25, 0.3) is 0 Å². The lowest BCUT2D eigenvalue weighted by atomic mass is 9.79. The molecular weight excluding hydrogens is 354 g/mol. The van der Waals surface area contributed by atoms with Crippen LogP contribution in [0.15, 0.2) is 48.5 Å². The first-order chi connectivity index (χ1) is 13.6. The van der Waals surface area contributed by atoms with Crippen LogP contribution in [0.5, 0.6) is 17.2 Å². The number of hydrogen-bond acceptors (Lipinski definition) is 4. The van der Waals surface area contributed by atoms with E-state index in [1.165, 1.54) is 18.4 Å². The highest BCUT2D eigenvalue weighted by Gasteiger charge is 2.35. The fourth-order valence-corrected chi connectivity index (χ4v) is 3.83. The molecule has 0 spiro atoms. The fourth-order valence-electron chi connectivity index (χ4n) is 3.83. The maximum atomic E-state index is 12.3. The van der Waals surface area contributed by atoms with Crippen LogP contribution in [0.2, 0.25) is 0 Å². The van der Waals surface area contributed by atoms with Crippen LogP contribution in [-0.4, -0.2) is 32.8 Å². The van der Waals surface area contributed by atoms with E-state index in [0.717, 1.165) is 24.3 Å². The monoisotopic (exact) mass is 383 g/mol. The molecule has 28 heavy (non-hydrogen) atoms. The molecule has 2 aromatic carbocycles. The van der Waals surface area contributed by atoms with Gasteiger partial charge in [0.15, 0.2) is 6.61 Å². The van der Waals surface area contributed by atoms with Gasteiger partial charge in [-0.1, -0.05) is 25.0 Å². The van der Waals surface area contributed by atoms with Crippen molar-refractivity contribution in [2.24, 2.45) is 0 Å². The first-order valence-corrected chi connectivity index (χ1v) is 9.92. The van der Waals surface area contributed by atoms with Gasteiger partial charge in [-0.15, -0.1) is 0 Å². The molecule has 2 aromatic rings. The number of methoxy groups -OCH3 is 1. The number of nitrogens with one attached hydrogen (secondary N) is 1. The number of hydrogen-bond donors (Lipinski definition) is 1. The number of carbonyl (C=O) groups excluding carboxylic acids is 1. The topological polar surface area (TPSA) is 56.8 Å². The Bertz CT molecular complexity index is 749. The average Bonchev–Trinajstić information content (AvgIpc) is 3.22. The summed E-state index contributed by atoms with van der Waals surface area (Å²) in [7, 11) is 1.67. The molecule has 5 nitrogen and oxygen atoms in total. The normalized spacial score (nSPS) is 15.1. The maximum Gasteiger partial charge on any atom is 0.257 e. The van der Waals surface area contributed by atoms with E-state index < -0.39 is 0 Å². The first-order valence-electron chi connectivity index (χ1n) is 9.92. The van der Waals surface area contributed by atoms with Crippen molar-refractivity contribution in [1.29, 1.82) is 0 Å². The second kappa shape index (κ2) is 9.49. The minimum atomic E-state index is -0.103. The summed E-state index contributed by atoms with van der Waals surface area (Å²) in [6.45, 7) is 3.20. The second-order valence-corrected chi connectivity index (χ2v) is 7.19. The first kappa shape index (κ1) is 20.1. The summed E-state index contributed by atoms with van der Waals surface area (Å²) in [6, 6.07) is 15.5. The van der Waals surface area contributed by atoms with E-state index in [0.29, 0.717) is 18.9 Å². The Morgan fingerprint density at radius 1 is 0.929 bits per heavy atom. The summed E-state index contributed by atoms with van der Waals surface area (Å²) >= 11 is 0. The molecule has 5 heteroatoms. The molecule has 1 amide bonds. The summed E-state index contributed by atoms with van der Waals surface area (Å²) in [5, 5.41) is 3.07. The quantitative estimate of drug-likeness (QED) is 0.708. The molecule has 1 saturated carbocycles. The van der Waals surface area contributed by atoms with Crippen molar-refractivity contribution < 1.29 is 19.0 Å². The summed E-state index contributed by atoms with van der Waals surface area (Å²) < 4.78 is 16.3. The zero-order chi connectivity index (χ0) is 19.8. The lowest BCUT2D eigenvalue weighted by Crippen LogP contribution is -2.40. The molecule has 1 aliphatic carbocycles. The van der Waals surface area contributed by atoms with Crippen molar-refractivity contribution in [2.75, 3.05) is 26.9 Å². The molecule has 1 N–H and O–H groups in total. The predicted octanol–water partition coefficient (Wildman–Crippen LogP) is 4.10. The Balaban J connectivity index is 1.53. The molecular formula is C23H29NO4. The third-order valence-corrected chi connectivity index (χ3v) is 5.39. The molecule has 0 bridgehead atoms. The Hall–Kier alpha value is -2.69. The van der Waals surface area contributed by atoms with Gasteiger partial charge in [-0.05, 0) is 61.7 Å². The third-order valence-electron chi connectivity index (χ3n) is 5.39. The van der Waals surface area contributed by atoms with Crippen LogP contribution >= 0.6 is 0 Å². The second-order valence-electron chi connectivity index (χ2n) is 7.19. The zero-order valence-corrected chi connectivity index (χ0v) is 16.7. The smallest absolute Gasteiger partial charge is 0.257 e. The molecule has 0 heterocycles. The lowest BCUT2D eigenvalue weighted by Gasteiger charge is -2.30. The van der Waals surface area contributed by atoms with Gasteiger partial charge in [0.1, 0.15) is 17.2 Å². The Kier molecular flexibility index (Phi) is 6.80. The number of ether oxygens (including phenoxy) is 3. The summed E-state index contributed by atoms with van der Waals surface area (Å²) in [6.07, 6.45) is 4.54. The molecule has 150 valence electrons. The molecule has 0 aliphatic heterocycles. The maximum absolute atomic E-state index is 12.3. The Morgan fingerprint density at radius 3 is 2.07 bits per heavy atom. The van der Waals surface area contributed by atoms with E-state index in [2.05, 4.69) is 17.4 Å². The van der Waals surface area contributed by atoms with Gasteiger partial charge in [-0.2, -0.15) is 0 Å². The van der Waals surface area contributed by atoms with Crippen LogP contribution in [0.3, 0.4) is 0 Å². The van der Waals surface area contributed by atoms with E-state index in [-0.39, 0.29) is 17.9 Å². The number of carbonyl (C=O) groups is 1. The van der Waals surface area contributed by atoms with E-state index in [4.69, 9.17) is 14.2 Å². The van der Waals surface area contributed by atoms with Gasteiger partial charge in [0.2, 0.25) is 0 Å². The third kappa shape index (κ3) is 4.97. The van der Waals surface area contributed by atoms with Gasteiger partial charge < -0.3 is 19.5 Å². The Morgan fingerprint density at radius 2 is 1.50 bits per heavy atom. The highest BCUT2D eigenvalue weighted by atomic mass is 16.5. The minimum Gasteiger partial charge on any atom is -0.497 e. The SMILES string of the molecule is CCOc1ccc(OCC(=O)NCC2(c3ccc(OC)cc3)CCCC2)cc1. The molecule has 0 atom stereocenters. The average molecular weight is 383 g/mol. The van der Waals surface area contributed by atoms with E-state index in [1.54, 1.807) is 7.11 Å². The van der Waals surface area contributed by atoms with Gasteiger partial charge >= 0.3 is 0 Å². The van der Waals surface area contributed by atoms with E-state index in [9.17, 15) is 4.79 Å². The van der Waals surface area contributed by atoms with Crippen molar-refractivity contribution in [1.82, 2.24) is 5.32 Å². The molecule has 1 aliphatic rings. The number of amides is 1. The van der Waals surface area contributed by atoms with Gasteiger partial charge in [-0.3, -0.25) is 4.79 Å². The largest absolute Gasteiger partial charge is 0.497 e. The summed E-state index contributed by atoms with van der Waals surface area (Å²) in [5.74, 6) is 2.20. The van der Waals surface area contributed by atoms with Crippen LogP contribution < -0.4 is 19.5 Å². The molecule has 3 rings (SSSR count). The van der Waals surface area contributed by atoms with Crippen molar-refractivity contribution in [2.45, 2.75) is 38.0 Å². The number of benzene rings is 2. The molecule has 0 saturated heterocycles. The van der Waals surface area contributed by atoms with E-state index in [1.807, 2.05) is 43.3 Å². The van der Waals surface area contributed by atoms with Gasteiger partial charge in [-0.25, -0.2) is 0 Å². The molecule has 0 radical (unpaired) electrons. The molecule has 0 unspecified atom stereocenters. The van der Waals surface area contributed by atoms with Gasteiger partial charge in [0.25, 0.3) is 5.91 Å². The van der Waals surface area contributed by atoms with Crippen LogP contribution in [-0.2, 0) is 10.2 Å². The summed E-state index contributed by atoms with van der Waals surface area (Å²) in [5.41, 5.74) is 1.26. The zero-order valence-electron chi connectivity index (χ0n) is 16.7. The van der Waals surface area contributed by atoms with Crippen LogP contribution in [0.1, 0.15) is 38.2 Å².